The number of hydrogen-bond donors (Lipinski definition) is 0. The van der Waals surface area contributed by atoms with Gasteiger partial charge in [-0.15, -0.1) is 0 Å². The molecular formula is C18H35NO2. The third-order valence-corrected chi connectivity index (χ3v) is 3.56. The van der Waals surface area contributed by atoms with Gasteiger partial charge in [0.05, 0.1) is 6.26 Å². The largest absolute Gasteiger partial charge is 0.418 e. The predicted molar refractivity (Wildman–Crippen MR) is 90.3 cm³/mol. The number of nitrogens with zero attached hydrogens (tertiary/aromatic N) is 1. The maximum Gasteiger partial charge on any atom is 0.415 e. The van der Waals surface area contributed by atoms with Crippen LogP contribution in [0.3, 0.4) is 0 Å². The van der Waals surface area contributed by atoms with Crippen LogP contribution in [-0.2, 0) is 4.74 Å². The second-order valence-corrected chi connectivity index (χ2v) is 6.26. The number of carbonyl (C=O) groups is 1. The predicted octanol–water partition coefficient (Wildman–Crippen LogP) is 5.90. The number of carbonyl (C=O) groups excluding carboxylic acids is 1. The molecule has 3 heteroatoms. The Bertz CT molecular complexity index is 277. The number of unbranched alkanes of at least 4 members (excludes halogenated alkanes) is 7. The molecule has 124 valence electrons. The van der Waals surface area contributed by atoms with Crippen molar-refractivity contribution in [3.8, 4) is 0 Å². The van der Waals surface area contributed by atoms with Gasteiger partial charge in [0.2, 0.25) is 0 Å². The summed E-state index contributed by atoms with van der Waals surface area (Å²) in [6.45, 7) is 10.3. The number of ether oxygens (including phenoxy) is 1. The van der Waals surface area contributed by atoms with E-state index in [1.54, 1.807) is 11.2 Å². The first kappa shape index (κ1) is 20.0. The molecule has 0 rings (SSSR count). The number of amides is 1. The summed E-state index contributed by atoms with van der Waals surface area (Å²) in [4.78, 5) is 13.7. The minimum atomic E-state index is -0.254. The summed E-state index contributed by atoms with van der Waals surface area (Å²) in [5, 5.41) is 0. The molecule has 0 N–H and O–H groups in total. The van der Waals surface area contributed by atoms with Crippen molar-refractivity contribution in [1.82, 2.24) is 4.90 Å². The fourth-order valence-electron chi connectivity index (χ4n) is 2.47. The Morgan fingerprint density at radius 2 is 1.48 bits per heavy atom. The number of rotatable bonds is 11. The molecule has 0 heterocycles. The number of allylic oxidation sites excluding steroid dienone is 1. The monoisotopic (exact) mass is 297 g/mol. The van der Waals surface area contributed by atoms with Gasteiger partial charge >= 0.3 is 6.09 Å². The fourth-order valence-corrected chi connectivity index (χ4v) is 2.47. The van der Waals surface area contributed by atoms with Gasteiger partial charge in [-0.05, 0) is 46.6 Å². The molecule has 0 aromatic rings. The molecule has 0 saturated carbocycles. The zero-order valence-corrected chi connectivity index (χ0v) is 14.7. The van der Waals surface area contributed by atoms with Crippen molar-refractivity contribution in [2.24, 2.45) is 0 Å². The summed E-state index contributed by atoms with van der Waals surface area (Å²) in [5.41, 5.74) is 0. The average Bonchev–Trinajstić information content (AvgIpc) is 2.40. The molecule has 0 saturated heterocycles. The Labute approximate surface area is 131 Å². The van der Waals surface area contributed by atoms with Crippen molar-refractivity contribution in [2.75, 3.05) is 0 Å². The van der Waals surface area contributed by atoms with Gasteiger partial charge in [0.15, 0.2) is 0 Å². The van der Waals surface area contributed by atoms with Gasteiger partial charge in [-0.2, -0.15) is 0 Å². The second kappa shape index (κ2) is 12.7. The van der Waals surface area contributed by atoms with Gasteiger partial charge in [-0.1, -0.05) is 45.4 Å². The van der Waals surface area contributed by atoms with E-state index < -0.39 is 0 Å². The molecule has 3 nitrogen and oxygen atoms in total. The van der Waals surface area contributed by atoms with Crippen LogP contribution < -0.4 is 0 Å². The molecule has 0 atom stereocenters. The van der Waals surface area contributed by atoms with E-state index in [9.17, 15) is 4.79 Å². The molecule has 1 amide bonds. The van der Waals surface area contributed by atoms with E-state index in [4.69, 9.17) is 4.74 Å². The first-order valence-electron chi connectivity index (χ1n) is 8.64. The highest BCUT2D eigenvalue weighted by molar-refractivity contribution is 5.68. The van der Waals surface area contributed by atoms with Crippen molar-refractivity contribution in [3.63, 3.8) is 0 Å². The maximum atomic E-state index is 11.9. The van der Waals surface area contributed by atoms with Crippen LogP contribution in [0.2, 0.25) is 0 Å². The lowest BCUT2D eigenvalue weighted by Crippen LogP contribution is -2.41. The first-order chi connectivity index (χ1) is 10.0. The zero-order valence-electron chi connectivity index (χ0n) is 14.7. The Kier molecular flexibility index (Phi) is 12.1. The summed E-state index contributed by atoms with van der Waals surface area (Å²) in [6.07, 6.45) is 13.4. The van der Waals surface area contributed by atoms with Gasteiger partial charge < -0.3 is 9.64 Å². The molecule has 0 aromatic carbocycles. The molecule has 0 aromatic heterocycles. The number of hydrogen-bond acceptors (Lipinski definition) is 2. The Morgan fingerprint density at radius 1 is 0.952 bits per heavy atom. The quantitative estimate of drug-likeness (QED) is 0.351. The molecule has 0 fully saturated rings. The van der Waals surface area contributed by atoms with Crippen LogP contribution in [0.15, 0.2) is 12.3 Å². The lowest BCUT2D eigenvalue weighted by Gasteiger charge is -2.28. The summed E-state index contributed by atoms with van der Waals surface area (Å²) in [6, 6.07) is 0.322. The smallest absolute Gasteiger partial charge is 0.415 e. The van der Waals surface area contributed by atoms with E-state index in [0.29, 0.717) is 0 Å². The fraction of sp³-hybridized carbons (Fsp3) is 0.833. The Balaban J connectivity index is 3.69. The molecular weight excluding hydrogens is 262 g/mol. The van der Waals surface area contributed by atoms with Crippen LogP contribution in [0.4, 0.5) is 4.79 Å². The van der Waals surface area contributed by atoms with Crippen molar-refractivity contribution >= 4 is 6.09 Å². The molecule has 0 bridgehead atoms. The highest BCUT2D eigenvalue weighted by Crippen LogP contribution is 2.10. The van der Waals surface area contributed by atoms with E-state index in [1.165, 1.54) is 44.9 Å². The van der Waals surface area contributed by atoms with Crippen molar-refractivity contribution in [1.29, 1.82) is 0 Å². The molecule has 0 aliphatic heterocycles. The summed E-state index contributed by atoms with van der Waals surface area (Å²) in [5.74, 6) is 0. The van der Waals surface area contributed by atoms with Crippen LogP contribution in [0.25, 0.3) is 0 Å². The molecule has 21 heavy (non-hydrogen) atoms. The van der Waals surface area contributed by atoms with E-state index in [0.717, 1.165) is 6.42 Å². The topological polar surface area (TPSA) is 29.5 Å². The van der Waals surface area contributed by atoms with Gasteiger partial charge in [0, 0.05) is 12.1 Å². The maximum absolute atomic E-state index is 11.9. The van der Waals surface area contributed by atoms with E-state index in [1.807, 2.05) is 33.8 Å². The van der Waals surface area contributed by atoms with Crippen LogP contribution >= 0.6 is 0 Å². The average molecular weight is 297 g/mol. The minimum absolute atomic E-state index is 0.161. The van der Waals surface area contributed by atoms with E-state index in [-0.39, 0.29) is 18.2 Å². The van der Waals surface area contributed by atoms with Gasteiger partial charge in [-0.25, -0.2) is 4.79 Å². The molecule has 0 spiro atoms. The van der Waals surface area contributed by atoms with Gasteiger partial charge in [0.25, 0.3) is 0 Å². The van der Waals surface area contributed by atoms with Gasteiger partial charge in [-0.3, -0.25) is 0 Å². The highest BCUT2D eigenvalue weighted by atomic mass is 16.5. The Morgan fingerprint density at radius 3 is 2.00 bits per heavy atom. The normalized spacial score (nSPS) is 11.6. The molecule has 0 unspecified atom stereocenters. The van der Waals surface area contributed by atoms with Crippen LogP contribution in [0, 0.1) is 0 Å². The lowest BCUT2D eigenvalue weighted by atomic mass is 10.1. The van der Waals surface area contributed by atoms with Gasteiger partial charge in [0.1, 0.15) is 0 Å². The van der Waals surface area contributed by atoms with Crippen LogP contribution in [0.1, 0.15) is 86.0 Å². The molecule has 0 radical (unpaired) electrons. The molecule has 0 aliphatic carbocycles. The third-order valence-electron chi connectivity index (χ3n) is 3.56. The van der Waals surface area contributed by atoms with Crippen molar-refractivity contribution in [3.05, 3.63) is 12.3 Å². The first-order valence-corrected chi connectivity index (χ1v) is 8.64. The summed E-state index contributed by atoms with van der Waals surface area (Å²) in [7, 11) is 0. The summed E-state index contributed by atoms with van der Waals surface area (Å²) >= 11 is 0. The molecule has 0 aliphatic rings. The van der Waals surface area contributed by atoms with Crippen molar-refractivity contribution in [2.45, 2.75) is 98.1 Å². The van der Waals surface area contributed by atoms with Crippen LogP contribution in [-0.4, -0.2) is 23.1 Å². The highest BCUT2D eigenvalue weighted by Gasteiger charge is 2.20. The standard InChI is InChI=1S/C18H35NO2/c1-6-7-8-9-10-11-12-13-14-15-21-18(20)19(16(2)3)17(4)5/h14-17H,6-13H2,1-5H3/b15-14+. The van der Waals surface area contributed by atoms with E-state index >= 15 is 0 Å². The Hall–Kier alpha value is -0.990. The summed E-state index contributed by atoms with van der Waals surface area (Å²) < 4.78 is 5.19. The van der Waals surface area contributed by atoms with Crippen molar-refractivity contribution < 1.29 is 9.53 Å². The zero-order chi connectivity index (χ0) is 16.1. The minimum Gasteiger partial charge on any atom is -0.418 e. The van der Waals surface area contributed by atoms with Crippen LogP contribution in [0.5, 0.6) is 0 Å². The third kappa shape index (κ3) is 10.4. The lowest BCUT2D eigenvalue weighted by molar-refractivity contribution is 0.109. The second-order valence-electron chi connectivity index (χ2n) is 6.26. The van der Waals surface area contributed by atoms with E-state index in [2.05, 4.69) is 6.92 Å². The SMILES string of the molecule is CCCCCCCCC/C=C/OC(=O)N(C(C)C)C(C)C.